The van der Waals surface area contributed by atoms with Crippen molar-refractivity contribution < 1.29 is 9.47 Å². The smallest absolute Gasteiger partial charge is 0.107 e. The van der Waals surface area contributed by atoms with E-state index in [1.165, 1.54) is 83.7 Å². The third-order valence-electron chi connectivity index (χ3n) is 7.13. The van der Waals surface area contributed by atoms with Gasteiger partial charge in [-0.1, -0.05) is 96.1 Å². The first kappa shape index (κ1) is 27.5. The van der Waals surface area contributed by atoms with Gasteiger partial charge in [0.1, 0.15) is 13.2 Å². The van der Waals surface area contributed by atoms with Gasteiger partial charge in [-0.15, -0.1) is 12.8 Å². The van der Waals surface area contributed by atoms with Gasteiger partial charge >= 0.3 is 0 Å². The lowest BCUT2D eigenvalue weighted by molar-refractivity contribution is 0.161. The molecule has 0 N–H and O–H groups in total. The quantitative estimate of drug-likeness (QED) is 0.159. The Morgan fingerprint density at radius 2 is 1.23 bits per heavy atom. The van der Waals surface area contributed by atoms with Crippen LogP contribution in [0.15, 0.2) is 40.9 Å². The van der Waals surface area contributed by atoms with E-state index in [1.807, 2.05) is 0 Å². The number of ether oxygens (including phenoxy) is 2. The Labute approximate surface area is 221 Å². The van der Waals surface area contributed by atoms with Gasteiger partial charge in [0.2, 0.25) is 0 Å². The van der Waals surface area contributed by atoms with E-state index in [-0.39, 0.29) is 5.41 Å². The van der Waals surface area contributed by atoms with Gasteiger partial charge in [0.05, 0.1) is 0 Å². The molecule has 2 aromatic rings. The molecule has 0 saturated heterocycles. The van der Waals surface area contributed by atoms with Crippen molar-refractivity contribution in [1.82, 2.24) is 0 Å². The zero-order valence-electron chi connectivity index (χ0n) is 21.2. The fraction of sp³-hybridized carbons (Fsp3) is 0.500. The number of halogens is 1. The molecule has 3 rings (SSSR count). The number of terminal acetylenes is 2. The van der Waals surface area contributed by atoms with Crippen molar-refractivity contribution in [3.8, 4) is 35.8 Å². The molecule has 2 aromatic carbocycles. The molecule has 3 heteroatoms. The SMILES string of the molecule is C#CCOCCCCCCC1(CCCCCCOCC#C)c2cc(C)ccc2-c2ccc(Br)cc21. The maximum atomic E-state index is 5.45. The normalized spacial score (nSPS) is 13.1. The molecular weight excluding hydrogens is 496 g/mol. The topological polar surface area (TPSA) is 18.5 Å². The van der Waals surface area contributed by atoms with Gasteiger partial charge in [-0.2, -0.15) is 0 Å². The second kappa shape index (κ2) is 14.5. The van der Waals surface area contributed by atoms with Crippen LogP contribution < -0.4 is 0 Å². The Kier molecular flexibility index (Phi) is 11.4. The monoisotopic (exact) mass is 534 g/mol. The summed E-state index contributed by atoms with van der Waals surface area (Å²) in [5, 5.41) is 0. The van der Waals surface area contributed by atoms with Crippen molar-refractivity contribution in [2.45, 2.75) is 76.5 Å². The van der Waals surface area contributed by atoms with E-state index in [1.54, 1.807) is 0 Å². The van der Waals surface area contributed by atoms with Crippen molar-refractivity contribution in [2.75, 3.05) is 26.4 Å². The molecule has 1 aliphatic rings. The average molecular weight is 536 g/mol. The minimum Gasteiger partial charge on any atom is -0.369 e. The first-order chi connectivity index (χ1) is 17.1. The van der Waals surface area contributed by atoms with Crippen LogP contribution in [-0.4, -0.2) is 26.4 Å². The second-order valence-corrected chi connectivity index (χ2v) is 10.6. The predicted octanol–water partition coefficient (Wildman–Crippen LogP) is 8.22. The van der Waals surface area contributed by atoms with Gasteiger partial charge in [0, 0.05) is 23.1 Å². The summed E-state index contributed by atoms with van der Waals surface area (Å²) in [6.07, 6.45) is 22.3. The average Bonchev–Trinajstić information content (AvgIpc) is 3.11. The van der Waals surface area contributed by atoms with E-state index in [0.717, 1.165) is 26.1 Å². The molecule has 0 saturated carbocycles. The standard InChI is InChI=1S/C32H39BrO2/c1-4-20-34-22-12-8-6-10-18-32(19-11-7-9-13-23-35-21-5-2)30-24-26(3)14-16-28(30)29-17-15-27(33)25-31(29)32/h1-2,14-17,24-25H,6-13,18-23H2,3H3. The number of aryl methyl sites for hydroxylation is 1. The Bertz CT molecular complexity index is 943. The van der Waals surface area contributed by atoms with Crippen molar-refractivity contribution in [2.24, 2.45) is 0 Å². The van der Waals surface area contributed by atoms with Gasteiger partial charge < -0.3 is 9.47 Å². The summed E-state index contributed by atoms with van der Waals surface area (Å²) in [4.78, 5) is 0. The maximum absolute atomic E-state index is 5.45. The minimum atomic E-state index is 0.0837. The van der Waals surface area contributed by atoms with Crippen LogP contribution in [-0.2, 0) is 14.9 Å². The molecule has 35 heavy (non-hydrogen) atoms. The van der Waals surface area contributed by atoms with Crippen molar-refractivity contribution in [3.63, 3.8) is 0 Å². The molecule has 2 nitrogen and oxygen atoms in total. The van der Waals surface area contributed by atoms with E-state index in [9.17, 15) is 0 Å². The van der Waals surface area contributed by atoms with Crippen LogP contribution in [0.2, 0.25) is 0 Å². The molecule has 0 atom stereocenters. The summed E-state index contributed by atoms with van der Waals surface area (Å²) >= 11 is 3.77. The van der Waals surface area contributed by atoms with Crippen LogP contribution in [0.5, 0.6) is 0 Å². The van der Waals surface area contributed by atoms with Gasteiger partial charge in [-0.25, -0.2) is 0 Å². The van der Waals surface area contributed by atoms with Crippen molar-refractivity contribution >= 4 is 15.9 Å². The van der Waals surface area contributed by atoms with Crippen LogP contribution in [0.25, 0.3) is 11.1 Å². The summed E-state index contributed by atoms with van der Waals surface area (Å²) in [6.45, 7) is 4.58. The van der Waals surface area contributed by atoms with E-state index < -0.39 is 0 Å². The summed E-state index contributed by atoms with van der Waals surface area (Å²) in [5.74, 6) is 5.08. The number of hydrogen-bond donors (Lipinski definition) is 0. The molecular formula is C32H39BrO2. The Balaban J connectivity index is 1.72. The third-order valence-corrected chi connectivity index (χ3v) is 7.63. The molecule has 186 valence electrons. The molecule has 0 radical (unpaired) electrons. The van der Waals surface area contributed by atoms with E-state index >= 15 is 0 Å². The predicted molar refractivity (Wildman–Crippen MR) is 151 cm³/mol. The molecule has 0 aliphatic heterocycles. The first-order valence-corrected chi connectivity index (χ1v) is 13.9. The molecule has 0 bridgehead atoms. The lowest BCUT2D eigenvalue weighted by Gasteiger charge is -2.33. The van der Waals surface area contributed by atoms with Crippen LogP contribution in [0.1, 0.15) is 80.9 Å². The van der Waals surface area contributed by atoms with E-state index in [4.69, 9.17) is 22.3 Å². The highest BCUT2D eigenvalue weighted by molar-refractivity contribution is 9.10. The van der Waals surface area contributed by atoms with Gasteiger partial charge in [0.25, 0.3) is 0 Å². The van der Waals surface area contributed by atoms with E-state index in [0.29, 0.717) is 13.2 Å². The highest BCUT2D eigenvalue weighted by Crippen LogP contribution is 2.54. The zero-order valence-corrected chi connectivity index (χ0v) is 22.8. The van der Waals surface area contributed by atoms with E-state index in [2.05, 4.69) is 71.1 Å². The molecule has 0 unspecified atom stereocenters. The fourth-order valence-corrected chi connectivity index (χ4v) is 5.84. The number of hydrogen-bond acceptors (Lipinski definition) is 2. The van der Waals surface area contributed by atoms with Crippen LogP contribution in [0.4, 0.5) is 0 Å². The van der Waals surface area contributed by atoms with Gasteiger partial charge in [-0.3, -0.25) is 0 Å². The lowest BCUT2D eigenvalue weighted by atomic mass is 9.70. The third kappa shape index (κ3) is 7.47. The maximum Gasteiger partial charge on any atom is 0.107 e. The summed E-state index contributed by atoms with van der Waals surface area (Å²) < 4.78 is 12.1. The molecule has 0 heterocycles. The van der Waals surface area contributed by atoms with Crippen molar-refractivity contribution in [1.29, 1.82) is 0 Å². The lowest BCUT2D eigenvalue weighted by Crippen LogP contribution is -2.25. The minimum absolute atomic E-state index is 0.0837. The molecule has 0 spiro atoms. The van der Waals surface area contributed by atoms with Crippen molar-refractivity contribution in [3.05, 3.63) is 57.6 Å². The summed E-state index contributed by atoms with van der Waals surface area (Å²) in [6, 6.07) is 13.9. The van der Waals surface area contributed by atoms with Gasteiger partial charge in [-0.05, 0) is 67.0 Å². The summed E-state index contributed by atoms with van der Waals surface area (Å²) in [7, 11) is 0. The number of benzene rings is 2. The van der Waals surface area contributed by atoms with Gasteiger partial charge in [0.15, 0.2) is 0 Å². The zero-order chi connectivity index (χ0) is 24.9. The highest BCUT2D eigenvalue weighted by Gasteiger charge is 2.42. The summed E-state index contributed by atoms with van der Waals surface area (Å²) in [5.41, 5.74) is 7.29. The second-order valence-electron chi connectivity index (χ2n) is 9.66. The fourth-order valence-electron chi connectivity index (χ4n) is 5.48. The Hall–Kier alpha value is -2.04. The Morgan fingerprint density at radius 3 is 1.80 bits per heavy atom. The number of fused-ring (bicyclic) bond motifs is 3. The molecule has 1 aliphatic carbocycles. The Morgan fingerprint density at radius 1 is 0.714 bits per heavy atom. The van der Waals surface area contributed by atoms with Crippen LogP contribution in [0, 0.1) is 31.6 Å². The van der Waals surface area contributed by atoms with Crippen LogP contribution >= 0.6 is 15.9 Å². The molecule has 0 fully saturated rings. The number of rotatable bonds is 16. The largest absolute Gasteiger partial charge is 0.369 e. The molecule has 0 amide bonds. The molecule has 0 aromatic heterocycles. The highest BCUT2D eigenvalue weighted by atomic mass is 79.9. The van der Waals surface area contributed by atoms with Crippen LogP contribution in [0.3, 0.4) is 0 Å². The number of unbranched alkanes of at least 4 members (excludes halogenated alkanes) is 6. The first-order valence-electron chi connectivity index (χ1n) is 13.1.